The third kappa shape index (κ3) is 14.0. The molecular formula is C12H22O14. The lowest BCUT2D eigenvalue weighted by Gasteiger charge is -2.07. The van der Waals surface area contributed by atoms with Gasteiger partial charge in [-0.3, -0.25) is 0 Å². The van der Waals surface area contributed by atoms with Crippen LogP contribution in [0.5, 0.6) is 0 Å². The van der Waals surface area contributed by atoms with Gasteiger partial charge in [0.2, 0.25) is 0 Å². The second-order valence-electron chi connectivity index (χ2n) is 4.60. The van der Waals surface area contributed by atoms with Gasteiger partial charge in [0.15, 0.2) is 24.4 Å². The minimum atomic E-state index is -2.27. The van der Waals surface area contributed by atoms with E-state index < -0.39 is 48.3 Å². The zero-order valence-corrected chi connectivity index (χ0v) is 13.4. The summed E-state index contributed by atoms with van der Waals surface area (Å²) in [5.41, 5.74) is 0. The van der Waals surface area contributed by atoms with Crippen LogP contribution in [0.4, 0.5) is 0 Å². The Morgan fingerprint density at radius 2 is 0.731 bits per heavy atom. The van der Waals surface area contributed by atoms with E-state index in [2.05, 4.69) is 0 Å². The second kappa shape index (κ2) is 14.9. The summed E-state index contributed by atoms with van der Waals surface area (Å²) >= 11 is 0. The molecule has 0 saturated carbocycles. The van der Waals surface area contributed by atoms with E-state index in [1.54, 1.807) is 6.92 Å². The van der Waals surface area contributed by atoms with Crippen molar-refractivity contribution in [2.75, 3.05) is 13.2 Å². The van der Waals surface area contributed by atoms with Gasteiger partial charge in [0.05, 0.1) is 0 Å². The SMILES string of the molecule is CC(CO)CO.O=C(O)C(O)C(O)C(=O)O.O=C(O)C(O)C(O)C(=O)O. The van der Waals surface area contributed by atoms with E-state index in [-0.39, 0.29) is 19.1 Å². The van der Waals surface area contributed by atoms with Crippen LogP contribution in [0, 0.1) is 5.92 Å². The fourth-order valence-electron chi connectivity index (χ4n) is 0.598. The van der Waals surface area contributed by atoms with Gasteiger partial charge in [-0.05, 0) is 0 Å². The third-order valence-corrected chi connectivity index (χ3v) is 2.23. The van der Waals surface area contributed by atoms with Crippen molar-refractivity contribution in [1.29, 1.82) is 0 Å². The number of rotatable bonds is 8. The van der Waals surface area contributed by atoms with Crippen LogP contribution in [-0.4, -0.2) is 113 Å². The molecule has 0 aliphatic rings. The lowest BCUT2D eigenvalue weighted by Crippen LogP contribution is -2.39. The molecule has 4 unspecified atom stereocenters. The Morgan fingerprint density at radius 1 is 0.577 bits per heavy atom. The summed E-state index contributed by atoms with van der Waals surface area (Å²) in [6.07, 6.45) is -9.06. The van der Waals surface area contributed by atoms with Gasteiger partial charge in [0.25, 0.3) is 0 Å². The minimum Gasteiger partial charge on any atom is -0.479 e. The van der Waals surface area contributed by atoms with Gasteiger partial charge in [-0.2, -0.15) is 0 Å². The number of hydrogen-bond donors (Lipinski definition) is 10. The number of aliphatic carboxylic acids is 4. The maximum absolute atomic E-state index is 9.77. The first kappa shape index (κ1) is 28.4. The topological polar surface area (TPSA) is 271 Å². The predicted molar refractivity (Wildman–Crippen MR) is 77.9 cm³/mol. The molecule has 0 aromatic carbocycles. The van der Waals surface area contributed by atoms with Crippen LogP contribution in [0.2, 0.25) is 0 Å². The molecule has 0 aromatic rings. The Hall–Kier alpha value is -2.36. The van der Waals surface area contributed by atoms with E-state index >= 15 is 0 Å². The fourth-order valence-corrected chi connectivity index (χ4v) is 0.598. The molecule has 0 saturated heterocycles. The van der Waals surface area contributed by atoms with Gasteiger partial charge in [-0.25, -0.2) is 19.2 Å². The van der Waals surface area contributed by atoms with Gasteiger partial charge < -0.3 is 51.1 Å². The highest BCUT2D eigenvalue weighted by molar-refractivity contribution is 5.83. The van der Waals surface area contributed by atoms with Crippen molar-refractivity contribution < 1.29 is 70.2 Å². The van der Waals surface area contributed by atoms with E-state index in [1.807, 2.05) is 0 Å². The zero-order valence-electron chi connectivity index (χ0n) is 13.4. The number of aliphatic hydroxyl groups is 6. The standard InChI is InChI=1S/2C4H6O6.C4H10O2/c2*5-1(3(7)8)2(6)4(9)10;1-4(2-5)3-6/h2*1-2,5-6H,(H,7,8)(H,9,10);4-6H,2-3H2,1H3. The van der Waals surface area contributed by atoms with Crippen LogP contribution in [-0.2, 0) is 19.2 Å². The predicted octanol–water partition coefficient (Wildman–Crippen LogP) is -4.64. The maximum Gasteiger partial charge on any atom is 0.335 e. The van der Waals surface area contributed by atoms with Crippen LogP contribution in [0.3, 0.4) is 0 Å². The van der Waals surface area contributed by atoms with Crippen LogP contribution < -0.4 is 0 Å². The van der Waals surface area contributed by atoms with Crippen molar-refractivity contribution in [3.8, 4) is 0 Å². The fraction of sp³-hybridized carbons (Fsp3) is 0.667. The Kier molecular flexibility index (Phi) is 16.3. The molecule has 14 heteroatoms. The van der Waals surface area contributed by atoms with Crippen LogP contribution in [0.1, 0.15) is 6.92 Å². The van der Waals surface area contributed by atoms with Crippen molar-refractivity contribution in [3.05, 3.63) is 0 Å². The van der Waals surface area contributed by atoms with Gasteiger partial charge in [-0.1, -0.05) is 6.92 Å². The summed E-state index contributed by atoms with van der Waals surface area (Å²) in [5.74, 6) is -7.03. The summed E-state index contributed by atoms with van der Waals surface area (Å²) in [5, 5.41) is 81.4. The molecule has 0 fully saturated rings. The molecule has 0 spiro atoms. The second-order valence-corrected chi connectivity index (χ2v) is 4.60. The number of hydrogen-bond acceptors (Lipinski definition) is 10. The molecule has 0 aliphatic carbocycles. The monoisotopic (exact) mass is 390 g/mol. The summed E-state index contributed by atoms with van der Waals surface area (Å²) in [7, 11) is 0. The molecule has 0 aromatic heterocycles. The largest absolute Gasteiger partial charge is 0.479 e. The number of aliphatic hydroxyl groups excluding tert-OH is 6. The van der Waals surface area contributed by atoms with Gasteiger partial charge >= 0.3 is 23.9 Å². The highest BCUT2D eigenvalue weighted by Crippen LogP contribution is 1.93. The average molecular weight is 390 g/mol. The molecule has 14 nitrogen and oxygen atoms in total. The van der Waals surface area contributed by atoms with Gasteiger partial charge in [0.1, 0.15) is 0 Å². The first-order valence-corrected chi connectivity index (χ1v) is 6.59. The van der Waals surface area contributed by atoms with Crippen molar-refractivity contribution in [2.45, 2.75) is 31.3 Å². The lowest BCUT2D eigenvalue weighted by molar-refractivity contribution is -0.165. The van der Waals surface area contributed by atoms with Crippen molar-refractivity contribution in [3.63, 3.8) is 0 Å². The van der Waals surface area contributed by atoms with E-state index in [0.717, 1.165) is 0 Å². The van der Waals surface area contributed by atoms with Gasteiger partial charge in [0, 0.05) is 19.1 Å². The Bertz CT molecular complexity index is 373. The lowest BCUT2D eigenvalue weighted by atomic mass is 10.2. The molecular weight excluding hydrogens is 368 g/mol. The molecule has 0 bridgehead atoms. The van der Waals surface area contributed by atoms with E-state index in [9.17, 15) is 19.2 Å². The van der Waals surface area contributed by atoms with Crippen molar-refractivity contribution in [2.24, 2.45) is 5.92 Å². The average Bonchev–Trinajstić information content (AvgIpc) is 2.58. The molecule has 26 heavy (non-hydrogen) atoms. The third-order valence-electron chi connectivity index (χ3n) is 2.23. The summed E-state index contributed by atoms with van der Waals surface area (Å²) in [6, 6.07) is 0. The number of carboxylic acids is 4. The highest BCUT2D eigenvalue weighted by atomic mass is 16.4. The highest BCUT2D eigenvalue weighted by Gasteiger charge is 2.30. The minimum absolute atomic E-state index is 0.0463. The van der Waals surface area contributed by atoms with Crippen molar-refractivity contribution >= 4 is 23.9 Å². The van der Waals surface area contributed by atoms with Crippen LogP contribution in [0.15, 0.2) is 0 Å². The van der Waals surface area contributed by atoms with E-state index in [1.165, 1.54) is 0 Å². The Balaban J connectivity index is -0.000000316. The Labute approximate surface area is 145 Å². The van der Waals surface area contributed by atoms with E-state index in [0.29, 0.717) is 0 Å². The first-order chi connectivity index (χ1) is 11.7. The Morgan fingerprint density at radius 3 is 0.769 bits per heavy atom. The number of carbonyl (C=O) groups is 4. The molecule has 4 atom stereocenters. The normalized spacial score (nSPS) is 14.5. The molecule has 0 rings (SSSR count). The zero-order chi connectivity index (χ0) is 21.6. The first-order valence-electron chi connectivity index (χ1n) is 6.59. The smallest absolute Gasteiger partial charge is 0.335 e. The van der Waals surface area contributed by atoms with Crippen LogP contribution in [0.25, 0.3) is 0 Å². The number of carboxylic acid groups (broad SMARTS) is 4. The van der Waals surface area contributed by atoms with E-state index in [4.69, 9.17) is 51.1 Å². The quantitative estimate of drug-likeness (QED) is 0.187. The summed E-state index contributed by atoms with van der Waals surface area (Å²) < 4.78 is 0. The molecule has 0 aliphatic heterocycles. The van der Waals surface area contributed by atoms with Crippen molar-refractivity contribution in [1.82, 2.24) is 0 Å². The molecule has 154 valence electrons. The molecule has 0 amide bonds. The van der Waals surface area contributed by atoms with Crippen LogP contribution >= 0.6 is 0 Å². The molecule has 0 heterocycles. The summed E-state index contributed by atoms with van der Waals surface area (Å²) in [6.45, 7) is 1.94. The molecule has 0 radical (unpaired) electrons. The molecule has 10 N–H and O–H groups in total. The summed E-state index contributed by atoms with van der Waals surface area (Å²) in [4.78, 5) is 39.1. The maximum atomic E-state index is 9.77. The van der Waals surface area contributed by atoms with Gasteiger partial charge in [-0.15, -0.1) is 0 Å².